The molecule has 2 bridgehead atoms. The summed E-state index contributed by atoms with van der Waals surface area (Å²) < 4.78 is 0. The number of rotatable bonds is 6. The average Bonchev–Trinajstić information content (AvgIpc) is 3.47. The Balaban J connectivity index is 1.61. The Morgan fingerprint density at radius 1 is 0.973 bits per heavy atom. The van der Waals surface area contributed by atoms with Gasteiger partial charge in [0.1, 0.15) is 5.56 Å². The van der Waals surface area contributed by atoms with E-state index in [4.69, 9.17) is 11.6 Å². The van der Waals surface area contributed by atoms with Crippen molar-refractivity contribution in [2.45, 2.75) is 22.6 Å². The van der Waals surface area contributed by atoms with Gasteiger partial charge in [-0.25, -0.2) is 5.01 Å². The summed E-state index contributed by atoms with van der Waals surface area (Å²) in [5, 5.41) is 24.9. The molecule has 37 heavy (non-hydrogen) atoms. The van der Waals surface area contributed by atoms with Crippen LogP contribution in [0.5, 0.6) is 0 Å². The summed E-state index contributed by atoms with van der Waals surface area (Å²) in [6.45, 7) is -0.555. The molecule has 1 heterocycles. The van der Waals surface area contributed by atoms with Crippen LogP contribution in [-0.2, 0) is 16.1 Å². The second kappa shape index (κ2) is 9.44. The van der Waals surface area contributed by atoms with Gasteiger partial charge in [0.05, 0.1) is 33.8 Å². The van der Waals surface area contributed by atoms with Crippen LogP contribution in [0.15, 0.2) is 42.5 Å². The molecule has 5 rings (SSSR count). The summed E-state index contributed by atoms with van der Waals surface area (Å²) in [5.41, 5.74) is -1.31. The van der Waals surface area contributed by atoms with Gasteiger partial charge in [-0.2, -0.15) is 5.01 Å². The van der Waals surface area contributed by atoms with Crippen molar-refractivity contribution in [1.29, 1.82) is 0 Å². The quantitative estimate of drug-likeness (QED) is 0.193. The number of nitro groups is 2. The number of alkyl halides is 2. The first kappa shape index (κ1) is 25.7. The molecular formula is C23H17Br2ClN4O7. The van der Waals surface area contributed by atoms with Gasteiger partial charge in [0.15, 0.2) is 0 Å². The van der Waals surface area contributed by atoms with Gasteiger partial charge in [0.25, 0.3) is 29.1 Å². The van der Waals surface area contributed by atoms with Crippen molar-refractivity contribution >= 4 is 72.6 Å². The molecule has 1 saturated heterocycles. The van der Waals surface area contributed by atoms with Crippen LogP contribution >= 0.6 is 43.5 Å². The van der Waals surface area contributed by atoms with Crippen LogP contribution in [-0.4, -0.2) is 47.2 Å². The number of imide groups is 1. The van der Waals surface area contributed by atoms with Crippen LogP contribution in [0, 0.1) is 43.9 Å². The molecular weight excluding hydrogens is 640 g/mol. The molecule has 3 fully saturated rings. The number of nitro benzene ring substituents is 2. The van der Waals surface area contributed by atoms with Crippen molar-refractivity contribution in [2.24, 2.45) is 23.7 Å². The van der Waals surface area contributed by atoms with Crippen LogP contribution in [0.2, 0.25) is 5.02 Å². The summed E-state index contributed by atoms with van der Waals surface area (Å²) in [4.78, 5) is 63.0. The van der Waals surface area contributed by atoms with E-state index in [0.29, 0.717) is 6.42 Å². The summed E-state index contributed by atoms with van der Waals surface area (Å²) in [7, 11) is 0. The Morgan fingerprint density at radius 3 is 2.11 bits per heavy atom. The van der Waals surface area contributed by atoms with Crippen LogP contribution in [0.3, 0.4) is 0 Å². The maximum absolute atomic E-state index is 13.8. The molecule has 11 nitrogen and oxygen atoms in total. The molecule has 192 valence electrons. The van der Waals surface area contributed by atoms with E-state index in [1.165, 1.54) is 30.3 Å². The van der Waals surface area contributed by atoms with E-state index >= 15 is 0 Å². The largest absolute Gasteiger partial charge is 0.282 e. The number of benzene rings is 2. The summed E-state index contributed by atoms with van der Waals surface area (Å²) >= 11 is 13.1. The normalized spacial score (nSPS) is 27.9. The third-order valence-corrected chi connectivity index (χ3v) is 10.8. The number of carbonyl (C=O) groups is 3. The first-order valence-corrected chi connectivity index (χ1v) is 13.4. The van der Waals surface area contributed by atoms with Gasteiger partial charge in [-0.05, 0) is 36.5 Å². The van der Waals surface area contributed by atoms with Gasteiger partial charge in [0.2, 0.25) is 0 Å². The third-order valence-electron chi connectivity index (χ3n) is 7.33. The van der Waals surface area contributed by atoms with Gasteiger partial charge in [-0.15, -0.1) is 0 Å². The highest BCUT2D eigenvalue weighted by Crippen LogP contribution is 2.60. The fraction of sp³-hybridized carbons (Fsp3) is 0.348. The smallest absolute Gasteiger partial charge is 0.272 e. The molecule has 2 aliphatic carbocycles. The first-order chi connectivity index (χ1) is 17.5. The third kappa shape index (κ3) is 4.03. The van der Waals surface area contributed by atoms with E-state index < -0.39 is 57.3 Å². The number of hydrogen-bond donors (Lipinski definition) is 0. The van der Waals surface area contributed by atoms with Crippen molar-refractivity contribution in [3.8, 4) is 0 Å². The molecule has 3 aliphatic rings. The molecule has 6 atom stereocenters. The predicted octanol–water partition coefficient (Wildman–Crippen LogP) is 4.49. The fourth-order valence-electron chi connectivity index (χ4n) is 5.76. The highest BCUT2D eigenvalue weighted by molar-refractivity contribution is 9.12. The van der Waals surface area contributed by atoms with Crippen LogP contribution < -0.4 is 0 Å². The van der Waals surface area contributed by atoms with E-state index in [9.17, 15) is 34.6 Å². The van der Waals surface area contributed by atoms with E-state index in [-0.39, 0.29) is 37.6 Å². The minimum atomic E-state index is -1.00. The number of para-hydroxylation sites is 1. The Labute approximate surface area is 231 Å². The molecule has 14 heteroatoms. The number of carbonyl (C=O) groups excluding carboxylic acids is 3. The zero-order valence-electron chi connectivity index (χ0n) is 18.7. The molecule has 0 unspecified atom stereocenters. The lowest BCUT2D eigenvalue weighted by Crippen LogP contribution is -2.50. The minimum Gasteiger partial charge on any atom is -0.272 e. The van der Waals surface area contributed by atoms with Gasteiger partial charge in [-0.3, -0.25) is 34.6 Å². The molecule has 2 saturated carbocycles. The van der Waals surface area contributed by atoms with Gasteiger partial charge in [0, 0.05) is 26.8 Å². The van der Waals surface area contributed by atoms with Gasteiger partial charge >= 0.3 is 0 Å². The maximum Gasteiger partial charge on any atom is 0.282 e. The standard InChI is InChI=1S/C23H17Br2ClN4O7/c24-19-13-8-14(20(19)25)18-17(13)22(32)28(23(18)33)27(9-10-5-6-11(26)7-16(10)30(36)37)21(31)12-3-1-2-4-15(12)29(34)35/h1-7,13-14,17-20H,8-9H2/t13-,14-,17-,18+,19+,20+/m1/s1. The lowest BCUT2D eigenvalue weighted by atomic mass is 9.81. The Kier molecular flexibility index (Phi) is 6.57. The van der Waals surface area contributed by atoms with Crippen molar-refractivity contribution in [1.82, 2.24) is 10.0 Å². The minimum absolute atomic E-state index is 0.00120. The summed E-state index contributed by atoms with van der Waals surface area (Å²) in [6.07, 6.45) is 0.660. The molecule has 1 aliphatic heterocycles. The van der Waals surface area contributed by atoms with Crippen molar-refractivity contribution < 1.29 is 24.2 Å². The highest BCUT2D eigenvalue weighted by atomic mass is 79.9. The van der Waals surface area contributed by atoms with Crippen molar-refractivity contribution in [3.63, 3.8) is 0 Å². The van der Waals surface area contributed by atoms with E-state index in [1.807, 2.05) is 0 Å². The average molecular weight is 657 g/mol. The molecule has 3 amide bonds. The zero-order chi connectivity index (χ0) is 26.8. The predicted molar refractivity (Wildman–Crippen MR) is 137 cm³/mol. The van der Waals surface area contributed by atoms with Crippen LogP contribution in [0.1, 0.15) is 22.3 Å². The number of hydrazine groups is 1. The monoisotopic (exact) mass is 654 g/mol. The molecule has 0 N–H and O–H groups in total. The molecule has 0 radical (unpaired) electrons. The second-order valence-corrected chi connectivity index (χ2v) is 11.7. The number of nitrogens with zero attached hydrogens (tertiary/aromatic N) is 4. The number of fused-ring (bicyclic) bond motifs is 5. The number of amides is 3. The molecule has 0 aromatic heterocycles. The van der Waals surface area contributed by atoms with Crippen molar-refractivity contribution in [3.05, 3.63) is 78.8 Å². The molecule has 2 aromatic rings. The fourth-order valence-corrected chi connectivity index (χ4v) is 7.80. The SMILES string of the molecule is O=C(c1ccccc1[N+](=O)[O-])N(Cc1ccc(Cl)cc1[N+](=O)[O-])N1C(=O)[C@@H]2[C@H]3C[C@@H]([C@H](Br)[C@H]3Br)[C@@H]2C1=O. The summed E-state index contributed by atoms with van der Waals surface area (Å²) in [5.74, 6) is -3.84. The Hall–Kier alpha value is -2.90. The van der Waals surface area contributed by atoms with Gasteiger partial charge in [-0.1, -0.05) is 55.6 Å². The van der Waals surface area contributed by atoms with Crippen LogP contribution in [0.4, 0.5) is 11.4 Å². The molecule has 2 aromatic carbocycles. The Bertz CT molecular complexity index is 1340. The first-order valence-electron chi connectivity index (χ1n) is 11.2. The summed E-state index contributed by atoms with van der Waals surface area (Å²) in [6, 6.07) is 8.92. The number of hydrogen-bond acceptors (Lipinski definition) is 7. The lowest BCUT2D eigenvalue weighted by molar-refractivity contribution is -0.385. The zero-order valence-corrected chi connectivity index (χ0v) is 22.6. The van der Waals surface area contributed by atoms with E-state index in [1.54, 1.807) is 0 Å². The van der Waals surface area contributed by atoms with Gasteiger partial charge < -0.3 is 0 Å². The maximum atomic E-state index is 13.8. The lowest BCUT2D eigenvalue weighted by Gasteiger charge is -2.31. The highest BCUT2D eigenvalue weighted by Gasteiger charge is 2.67. The van der Waals surface area contributed by atoms with Crippen molar-refractivity contribution in [2.75, 3.05) is 0 Å². The van der Waals surface area contributed by atoms with E-state index in [0.717, 1.165) is 22.2 Å². The second-order valence-electron chi connectivity index (χ2n) is 9.16. The number of halogens is 3. The van der Waals surface area contributed by atoms with Crippen LogP contribution in [0.25, 0.3) is 0 Å². The molecule has 0 spiro atoms. The Morgan fingerprint density at radius 2 is 1.54 bits per heavy atom. The topological polar surface area (TPSA) is 144 Å². The van der Waals surface area contributed by atoms with E-state index in [2.05, 4.69) is 31.9 Å².